The molecule has 1 atom stereocenters. The van der Waals surface area contributed by atoms with E-state index in [2.05, 4.69) is 5.32 Å². The van der Waals surface area contributed by atoms with Crippen molar-refractivity contribution in [3.8, 4) is 0 Å². The molecule has 0 saturated carbocycles. The molecule has 0 aliphatic carbocycles. The Hall–Kier alpha value is -1.07. The Balaban J connectivity index is 1.95. The third kappa shape index (κ3) is 4.45. The molecular weight excluding hydrogens is 329 g/mol. The maximum atomic E-state index is 12.0. The molecule has 2 N–H and O–H groups in total. The predicted molar refractivity (Wildman–Crippen MR) is 87.1 cm³/mol. The fourth-order valence-electron chi connectivity index (χ4n) is 1.86. The van der Waals surface area contributed by atoms with Crippen molar-refractivity contribution < 1.29 is 9.90 Å². The molecule has 2 aromatic rings. The first-order valence-electron chi connectivity index (χ1n) is 6.34. The molecule has 1 aromatic heterocycles. The molecule has 0 bridgehead atoms. The Labute approximate surface area is 137 Å². The minimum absolute atomic E-state index is 0.124. The van der Waals surface area contributed by atoms with Crippen molar-refractivity contribution in [2.75, 3.05) is 6.54 Å². The van der Waals surface area contributed by atoms with Crippen molar-refractivity contribution in [2.24, 2.45) is 0 Å². The summed E-state index contributed by atoms with van der Waals surface area (Å²) in [5.41, 5.74) is 0.360. The van der Waals surface area contributed by atoms with Crippen molar-refractivity contribution in [1.29, 1.82) is 0 Å². The lowest BCUT2D eigenvalue weighted by atomic mass is 9.99. The van der Waals surface area contributed by atoms with Gasteiger partial charge in [-0.15, -0.1) is 0 Å². The molecule has 3 nitrogen and oxygen atoms in total. The van der Waals surface area contributed by atoms with E-state index < -0.39 is 5.60 Å². The Morgan fingerprint density at radius 1 is 1.38 bits per heavy atom. The van der Waals surface area contributed by atoms with Gasteiger partial charge in [0.25, 0.3) is 0 Å². The molecule has 1 amide bonds. The molecule has 0 saturated heterocycles. The van der Waals surface area contributed by atoms with Crippen LogP contribution in [0.2, 0.25) is 10.0 Å². The number of carbonyl (C=O) groups excluding carboxylic acids is 1. The van der Waals surface area contributed by atoms with Gasteiger partial charge in [-0.2, -0.15) is 11.3 Å². The fraction of sp³-hybridized carbons (Fsp3) is 0.267. The van der Waals surface area contributed by atoms with Crippen molar-refractivity contribution in [3.05, 3.63) is 56.2 Å². The highest BCUT2D eigenvalue weighted by molar-refractivity contribution is 7.08. The summed E-state index contributed by atoms with van der Waals surface area (Å²) in [6.45, 7) is 1.81. The van der Waals surface area contributed by atoms with E-state index in [0.29, 0.717) is 15.6 Å². The quantitative estimate of drug-likeness (QED) is 0.870. The van der Waals surface area contributed by atoms with Crippen LogP contribution in [0, 0.1) is 0 Å². The van der Waals surface area contributed by atoms with Crippen molar-refractivity contribution >= 4 is 40.4 Å². The minimum Gasteiger partial charge on any atom is -0.384 e. The van der Waals surface area contributed by atoms with E-state index in [1.807, 2.05) is 16.8 Å². The van der Waals surface area contributed by atoms with Gasteiger partial charge < -0.3 is 10.4 Å². The summed E-state index contributed by atoms with van der Waals surface area (Å²) in [4.78, 5) is 12.0. The van der Waals surface area contributed by atoms with Crippen LogP contribution in [-0.2, 0) is 16.8 Å². The number of benzene rings is 1. The van der Waals surface area contributed by atoms with E-state index in [0.717, 1.165) is 5.56 Å². The maximum absolute atomic E-state index is 12.0. The standard InChI is InChI=1S/C15H15Cl2NO2S/c1-15(20,11-4-5-21-8-11)9-18-14(19)7-10-6-12(16)2-3-13(10)17/h2-6,8,20H,7,9H2,1H3,(H,18,19). The van der Waals surface area contributed by atoms with Gasteiger partial charge in [-0.05, 0) is 53.1 Å². The number of carbonyl (C=O) groups is 1. The number of halogens is 2. The van der Waals surface area contributed by atoms with Crippen molar-refractivity contribution in [2.45, 2.75) is 18.9 Å². The number of hydrogen-bond donors (Lipinski definition) is 2. The largest absolute Gasteiger partial charge is 0.384 e. The van der Waals surface area contributed by atoms with Crippen molar-refractivity contribution in [1.82, 2.24) is 5.32 Å². The van der Waals surface area contributed by atoms with E-state index >= 15 is 0 Å². The molecule has 0 spiro atoms. The van der Waals surface area contributed by atoms with Crippen LogP contribution in [0.25, 0.3) is 0 Å². The van der Waals surface area contributed by atoms with Gasteiger partial charge in [0, 0.05) is 10.0 Å². The monoisotopic (exact) mass is 343 g/mol. The van der Waals surface area contributed by atoms with Gasteiger partial charge in [-0.3, -0.25) is 4.79 Å². The molecule has 6 heteroatoms. The third-order valence-electron chi connectivity index (χ3n) is 3.13. The predicted octanol–water partition coefficient (Wildman–Crippen LogP) is 3.62. The van der Waals surface area contributed by atoms with Crippen LogP contribution in [0.5, 0.6) is 0 Å². The Morgan fingerprint density at radius 2 is 2.14 bits per heavy atom. The van der Waals surface area contributed by atoms with Crippen molar-refractivity contribution in [3.63, 3.8) is 0 Å². The second-order valence-electron chi connectivity index (χ2n) is 4.98. The van der Waals surface area contributed by atoms with Gasteiger partial charge in [-0.1, -0.05) is 23.2 Å². The smallest absolute Gasteiger partial charge is 0.224 e. The van der Waals surface area contributed by atoms with E-state index in [4.69, 9.17) is 23.2 Å². The number of nitrogens with one attached hydrogen (secondary N) is 1. The van der Waals surface area contributed by atoms with Crippen LogP contribution in [-0.4, -0.2) is 17.6 Å². The summed E-state index contributed by atoms with van der Waals surface area (Å²) in [5, 5.41) is 17.8. The lowest BCUT2D eigenvalue weighted by molar-refractivity contribution is -0.121. The molecule has 2 rings (SSSR count). The van der Waals surface area contributed by atoms with E-state index in [1.54, 1.807) is 25.1 Å². The maximum Gasteiger partial charge on any atom is 0.224 e. The number of rotatable bonds is 5. The van der Waals surface area contributed by atoms with Crippen LogP contribution < -0.4 is 5.32 Å². The molecule has 1 unspecified atom stereocenters. The van der Waals surface area contributed by atoms with Gasteiger partial charge >= 0.3 is 0 Å². The number of aliphatic hydroxyl groups is 1. The second-order valence-corrected chi connectivity index (χ2v) is 6.60. The number of thiophene rings is 1. The van der Waals surface area contributed by atoms with Crippen LogP contribution in [0.15, 0.2) is 35.0 Å². The van der Waals surface area contributed by atoms with Crippen LogP contribution in [0.4, 0.5) is 0 Å². The molecule has 0 fully saturated rings. The number of hydrogen-bond acceptors (Lipinski definition) is 3. The zero-order chi connectivity index (χ0) is 15.5. The van der Waals surface area contributed by atoms with Gasteiger partial charge in [0.05, 0.1) is 13.0 Å². The topological polar surface area (TPSA) is 49.3 Å². The fourth-order valence-corrected chi connectivity index (χ4v) is 3.02. The zero-order valence-electron chi connectivity index (χ0n) is 11.4. The Bertz CT molecular complexity index is 627. The van der Waals surface area contributed by atoms with E-state index in [-0.39, 0.29) is 18.9 Å². The van der Waals surface area contributed by atoms with Gasteiger partial charge in [-0.25, -0.2) is 0 Å². The first-order chi connectivity index (χ1) is 9.88. The molecule has 0 radical (unpaired) electrons. The molecule has 112 valence electrons. The van der Waals surface area contributed by atoms with Crippen LogP contribution in [0.3, 0.4) is 0 Å². The molecular formula is C15H15Cl2NO2S. The molecule has 1 aromatic carbocycles. The third-order valence-corrected chi connectivity index (χ3v) is 4.42. The highest BCUT2D eigenvalue weighted by Crippen LogP contribution is 2.23. The Morgan fingerprint density at radius 3 is 2.81 bits per heavy atom. The first-order valence-corrected chi connectivity index (χ1v) is 8.04. The molecule has 1 heterocycles. The number of amides is 1. The molecule has 0 aliphatic rings. The molecule has 0 aliphatic heterocycles. The SMILES string of the molecule is CC(O)(CNC(=O)Cc1cc(Cl)ccc1Cl)c1ccsc1. The molecule has 21 heavy (non-hydrogen) atoms. The average Bonchev–Trinajstić information content (AvgIpc) is 2.96. The minimum atomic E-state index is -1.09. The van der Waals surface area contributed by atoms with Crippen LogP contribution >= 0.6 is 34.5 Å². The summed E-state index contributed by atoms with van der Waals surface area (Å²) < 4.78 is 0. The summed E-state index contributed by atoms with van der Waals surface area (Å²) in [5.74, 6) is -0.213. The highest BCUT2D eigenvalue weighted by Gasteiger charge is 2.24. The average molecular weight is 344 g/mol. The normalized spacial score (nSPS) is 13.7. The second kappa shape index (κ2) is 6.79. The van der Waals surface area contributed by atoms with E-state index in [1.165, 1.54) is 11.3 Å². The zero-order valence-corrected chi connectivity index (χ0v) is 13.7. The Kier molecular flexibility index (Phi) is 5.27. The highest BCUT2D eigenvalue weighted by atomic mass is 35.5. The summed E-state index contributed by atoms with van der Waals surface area (Å²) in [6, 6.07) is 6.84. The van der Waals surface area contributed by atoms with E-state index in [9.17, 15) is 9.90 Å². The van der Waals surface area contributed by atoms with Gasteiger partial charge in [0.15, 0.2) is 0 Å². The summed E-state index contributed by atoms with van der Waals surface area (Å²) in [7, 11) is 0. The summed E-state index contributed by atoms with van der Waals surface area (Å²) in [6.07, 6.45) is 0.124. The van der Waals surface area contributed by atoms with Crippen LogP contribution in [0.1, 0.15) is 18.1 Å². The summed E-state index contributed by atoms with van der Waals surface area (Å²) >= 11 is 13.4. The lowest BCUT2D eigenvalue weighted by Gasteiger charge is -2.22. The lowest BCUT2D eigenvalue weighted by Crippen LogP contribution is -2.39. The van der Waals surface area contributed by atoms with Gasteiger partial charge in [0.2, 0.25) is 5.91 Å². The van der Waals surface area contributed by atoms with Gasteiger partial charge in [0.1, 0.15) is 5.60 Å². The first kappa shape index (κ1) is 16.3.